The van der Waals surface area contributed by atoms with Crippen LogP contribution in [-0.2, 0) is 17.6 Å². The Morgan fingerprint density at radius 1 is 1.12 bits per heavy atom. The fourth-order valence-electron chi connectivity index (χ4n) is 4.60. The summed E-state index contributed by atoms with van der Waals surface area (Å²) in [6.07, 6.45) is 4.05. The molecule has 4 heterocycles. The normalized spacial score (nSPS) is 20.7. The molecule has 0 radical (unpaired) electrons. The monoisotopic (exact) mass is 356 g/mol. The van der Waals surface area contributed by atoms with Crippen molar-refractivity contribution in [2.24, 2.45) is 0 Å². The average Bonchev–Trinajstić information content (AvgIpc) is 3.09. The number of benzene rings is 1. The molecule has 5 nitrogen and oxygen atoms in total. The first-order chi connectivity index (χ1) is 12.8. The number of anilines is 1. The number of nitrogens with one attached hydrogen (secondary N) is 1. The second-order valence-corrected chi connectivity index (χ2v) is 7.49. The van der Waals surface area contributed by atoms with Gasteiger partial charge in [-0.1, -0.05) is 0 Å². The van der Waals surface area contributed by atoms with Crippen LogP contribution in [0.5, 0.6) is 0 Å². The van der Waals surface area contributed by atoms with Crippen LogP contribution in [0.2, 0.25) is 0 Å². The second-order valence-electron chi connectivity index (χ2n) is 7.49. The molecule has 1 N–H and O–H groups in total. The molecule has 138 valence electrons. The Bertz CT molecular complexity index is 806. The van der Waals surface area contributed by atoms with E-state index in [1.54, 1.807) is 12.1 Å². The van der Waals surface area contributed by atoms with Gasteiger partial charge in [0.1, 0.15) is 5.82 Å². The first-order valence-corrected chi connectivity index (χ1v) is 9.75. The minimum atomic E-state index is -0.161. The highest BCUT2D eigenvalue weighted by molar-refractivity contribution is 5.62. The van der Waals surface area contributed by atoms with Crippen LogP contribution in [0, 0.1) is 5.82 Å². The summed E-state index contributed by atoms with van der Waals surface area (Å²) in [6.45, 7) is 5.50. The molecule has 0 bridgehead atoms. The summed E-state index contributed by atoms with van der Waals surface area (Å²) in [4.78, 5) is 2.47. The van der Waals surface area contributed by atoms with Crippen molar-refractivity contribution in [3.05, 3.63) is 41.0 Å². The first kappa shape index (κ1) is 16.3. The Balaban J connectivity index is 1.63. The molecule has 0 atom stereocenters. The van der Waals surface area contributed by atoms with Crippen LogP contribution in [0.1, 0.15) is 35.7 Å². The summed E-state index contributed by atoms with van der Waals surface area (Å²) < 4.78 is 21.4. The van der Waals surface area contributed by atoms with Gasteiger partial charge in [-0.2, -0.15) is 5.10 Å². The van der Waals surface area contributed by atoms with Crippen molar-refractivity contribution in [2.45, 2.75) is 31.6 Å². The Hall–Kier alpha value is -1.92. The summed E-state index contributed by atoms with van der Waals surface area (Å²) in [5.74, 6) is 0.336. The predicted molar refractivity (Wildman–Crippen MR) is 98.8 cm³/mol. The number of nitrogens with zero attached hydrogens (tertiary/aromatic N) is 3. The Morgan fingerprint density at radius 2 is 1.92 bits per heavy atom. The van der Waals surface area contributed by atoms with E-state index in [4.69, 9.17) is 9.84 Å². The van der Waals surface area contributed by atoms with E-state index in [0.29, 0.717) is 5.92 Å². The molecule has 26 heavy (non-hydrogen) atoms. The SMILES string of the molecule is Fc1ccc2c(c1)CCc1c(N3CCOCC3)c(C3CCNCC3)nn1-2. The van der Waals surface area contributed by atoms with E-state index in [2.05, 4.69) is 14.9 Å². The van der Waals surface area contributed by atoms with Crippen LogP contribution >= 0.6 is 0 Å². The van der Waals surface area contributed by atoms with Gasteiger partial charge in [0, 0.05) is 19.0 Å². The van der Waals surface area contributed by atoms with Gasteiger partial charge in [-0.05, 0) is 62.5 Å². The van der Waals surface area contributed by atoms with E-state index < -0.39 is 0 Å². The van der Waals surface area contributed by atoms with Gasteiger partial charge < -0.3 is 15.0 Å². The lowest BCUT2D eigenvalue weighted by Gasteiger charge is -2.32. The number of aryl methyl sites for hydroxylation is 1. The second kappa shape index (κ2) is 6.67. The molecule has 0 amide bonds. The molecule has 0 saturated carbocycles. The summed E-state index contributed by atoms with van der Waals surface area (Å²) >= 11 is 0. The lowest BCUT2D eigenvalue weighted by molar-refractivity contribution is 0.122. The summed E-state index contributed by atoms with van der Waals surface area (Å²) in [7, 11) is 0. The van der Waals surface area contributed by atoms with E-state index in [1.165, 1.54) is 17.1 Å². The molecule has 1 aromatic heterocycles. The number of hydrogen-bond donors (Lipinski definition) is 1. The minimum Gasteiger partial charge on any atom is -0.378 e. The summed E-state index contributed by atoms with van der Waals surface area (Å²) in [6, 6.07) is 5.10. The number of piperidine rings is 1. The highest BCUT2D eigenvalue weighted by Gasteiger charge is 2.32. The maximum absolute atomic E-state index is 13.7. The zero-order chi connectivity index (χ0) is 17.5. The highest BCUT2D eigenvalue weighted by Crippen LogP contribution is 2.39. The van der Waals surface area contributed by atoms with Crippen LogP contribution in [0.25, 0.3) is 5.69 Å². The van der Waals surface area contributed by atoms with Crippen molar-refractivity contribution in [1.29, 1.82) is 0 Å². The predicted octanol–water partition coefficient (Wildman–Crippen LogP) is 2.41. The maximum Gasteiger partial charge on any atom is 0.123 e. The topological polar surface area (TPSA) is 42.3 Å². The van der Waals surface area contributed by atoms with Gasteiger partial charge in [0.25, 0.3) is 0 Å². The molecule has 0 aliphatic carbocycles. The summed E-state index contributed by atoms with van der Waals surface area (Å²) in [5, 5.41) is 8.56. The number of halogens is 1. The van der Waals surface area contributed by atoms with E-state index >= 15 is 0 Å². The van der Waals surface area contributed by atoms with Gasteiger partial charge in [0.05, 0.1) is 36.0 Å². The average molecular weight is 356 g/mol. The smallest absolute Gasteiger partial charge is 0.123 e. The third-order valence-corrected chi connectivity index (χ3v) is 5.93. The molecule has 2 aromatic rings. The molecule has 0 unspecified atom stereocenters. The molecule has 2 saturated heterocycles. The molecular weight excluding hydrogens is 331 g/mol. The van der Waals surface area contributed by atoms with Crippen LogP contribution < -0.4 is 10.2 Å². The fraction of sp³-hybridized carbons (Fsp3) is 0.550. The highest BCUT2D eigenvalue weighted by atomic mass is 19.1. The number of hydrogen-bond acceptors (Lipinski definition) is 4. The molecular formula is C20H25FN4O. The quantitative estimate of drug-likeness (QED) is 0.897. The third-order valence-electron chi connectivity index (χ3n) is 5.93. The van der Waals surface area contributed by atoms with Crippen LogP contribution in [0.15, 0.2) is 18.2 Å². The van der Waals surface area contributed by atoms with Crippen molar-refractivity contribution in [3.63, 3.8) is 0 Å². The number of aromatic nitrogens is 2. The Kier molecular flexibility index (Phi) is 4.17. The van der Waals surface area contributed by atoms with Crippen molar-refractivity contribution >= 4 is 5.69 Å². The number of ether oxygens (including phenoxy) is 1. The van der Waals surface area contributed by atoms with Crippen molar-refractivity contribution in [2.75, 3.05) is 44.3 Å². The van der Waals surface area contributed by atoms with E-state index in [-0.39, 0.29) is 5.82 Å². The number of fused-ring (bicyclic) bond motifs is 3. The van der Waals surface area contributed by atoms with Gasteiger partial charge in [-0.25, -0.2) is 9.07 Å². The van der Waals surface area contributed by atoms with E-state index in [9.17, 15) is 4.39 Å². The van der Waals surface area contributed by atoms with Gasteiger partial charge in [0.15, 0.2) is 0 Å². The van der Waals surface area contributed by atoms with Gasteiger partial charge in [0.2, 0.25) is 0 Å². The Morgan fingerprint density at radius 3 is 2.73 bits per heavy atom. The zero-order valence-corrected chi connectivity index (χ0v) is 15.0. The number of morpholine rings is 1. The molecule has 0 spiro atoms. The lowest BCUT2D eigenvalue weighted by Crippen LogP contribution is -2.38. The van der Waals surface area contributed by atoms with E-state index in [1.807, 2.05) is 6.07 Å². The van der Waals surface area contributed by atoms with Crippen LogP contribution in [0.4, 0.5) is 10.1 Å². The maximum atomic E-state index is 13.7. The fourth-order valence-corrected chi connectivity index (χ4v) is 4.60. The van der Waals surface area contributed by atoms with Crippen molar-refractivity contribution in [1.82, 2.24) is 15.1 Å². The first-order valence-electron chi connectivity index (χ1n) is 9.75. The molecule has 3 aliphatic heterocycles. The van der Waals surface area contributed by atoms with Gasteiger partial charge >= 0.3 is 0 Å². The third kappa shape index (κ3) is 2.72. The number of rotatable bonds is 2. The van der Waals surface area contributed by atoms with Crippen molar-refractivity contribution in [3.8, 4) is 5.69 Å². The van der Waals surface area contributed by atoms with Crippen LogP contribution in [-0.4, -0.2) is 49.2 Å². The lowest BCUT2D eigenvalue weighted by atomic mass is 9.92. The largest absolute Gasteiger partial charge is 0.378 e. The molecule has 2 fully saturated rings. The standard InChI is InChI=1S/C20H25FN4O/c21-16-2-4-17-15(13-16)1-3-18-20(24-9-11-26-12-10-24)19(23-25(17)18)14-5-7-22-8-6-14/h2,4,13-14,22H,1,3,5-12H2. The molecule has 1 aromatic carbocycles. The van der Waals surface area contributed by atoms with Gasteiger partial charge in [-0.3, -0.25) is 0 Å². The van der Waals surface area contributed by atoms with Crippen molar-refractivity contribution < 1.29 is 9.13 Å². The summed E-state index contributed by atoms with van der Waals surface area (Å²) in [5.41, 5.74) is 5.96. The van der Waals surface area contributed by atoms with E-state index in [0.717, 1.165) is 76.3 Å². The minimum absolute atomic E-state index is 0.161. The zero-order valence-electron chi connectivity index (χ0n) is 15.0. The Labute approximate surface area is 153 Å². The molecule has 6 heteroatoms. The van der Waals surface area contributed by atoms with Gasteiger partial charge in [-0.15, -0.1) is 0 Å². The molecule has 3 aliphatic rings. The molecule has 5 rings (SSSR count). The van der Waals surface area contributed by atoms with Crippen LogP contribution in [0.3, 0.4) is 0 Å².